The number of hydrogen-bond acceptors (Lipinski definition) is 5. The first-order chi connectivity index (χ1) is 17.9. The molecular formula is C29H31N7S. The molecule has 7 nitrogen and oxygen atoms in total. The first-order valence-electron chi connectivity index (χ1n) is 12.2. The maximum absolute atomic E-state index is 5.93. The first kappa shape index (κ1) is 24.7. The molecule has 3 aromatic heterocycles. The summed E-state index contributed by atoms with van der Waals surface area (Å²) in [6.07, 6.45) is 7.76. The molecule has 0 aliphatic carbocycles. The number of imidazole rings is 1. The Hall–Kier alpha value is -4.01. The minimum atomic E-state index is 0.201. The number of aromatic nitrogens is 4. The van der Waals surface area contributed by atoms with E-state index in [4.69, 9.17) is 15.7 Å². The molecule has 8 heteroatoms. The topological polar surface area (TPSA) is 99.0 Å². The summed E-state index contributed by atoms with van der Waals surface area (Å²) in [6, 6.07) is 10.7. The van der Waals surface area contributed by atoms with Crippen LogP contribution in [0.4, 0.5) is 0 Å². The van der Waals surface area contributed by atoms with E-state index in [1.54, 1.807) is 17.4 Å². The van der Waals surface area contributed by atoms with E-state index < -0.39 is 0 Å². The summed E-state index contributed by atoms with van der Waals surface area (Å²) in [6.45, 7) is 15.9. The Bertz CT molecular complexity index is 1670. The molecule has 1 fully saturated rings. The van der Waals surface area contributed by atoms with Gasteiger partial charge >= 0.3 is 0 Å². The van der Waals surface area contributed by atoms with E-state index in [0.29, 0.717) is 11.5 Å². The minimum absolute atomic E-state index is 0.201. The van der Waals surface area contributed by atoms with Crippen molar-refractivity contribution in [3.8, 4) is 22.0 Å². The number of allylic oxidation sites excluding steroid dienone is 3. The molecule has 37 heavy (non-hydrogen) atoms. The molecule has 0 radical (unpaired) electrons. The van der Waals surface area contributed by atoms with Crippen molar-refractivity contribution in [3.05, 3.63) is 81.9 Å². The SMILES string of the molecule is C=CC(=NC(=C\C)/C(C)=C/C=c1/[nH]nc(-c2nc3c(-c4ccc(C)s4)cccc3[nH]2)c1=C)N1CC(N)C1. The number of thiophene rings is 1. The van der Waals surface area contributed by atoms with Crippen molar-refractivity contribution in [2.45, 2.75) is 26.8 Å². The standard InChI is InChI=1S/C29H31N7S/c1-6-22(31-26(7-2)36-15-20(30)16-36)17(3)11-13-23-19(5)27(35-34-23)29-32-24-10-8-9-21(28(24)33-29)25-14-12-18(4)37-25/h6-14,20,34H,2,5,15-16,30H2,1,3-4H3,(H,32,33)/b17-11+,22-6-,23-13+,31-26?. The highest BCUT2D eigenvalue weighted by Crippen LogP contribution is 2.33. The van der Waals surface area contributed by atoms with Crippen LogP contribution in [0.2, 0.25) is 0 Å². The number of aliphatic imine (C=N–C) groups is 1. The molecule has 1 saturated heterocycles. The van der Waals surface area contributed by atoms with Gasteiger partial charge in [-0.1, -0.05) is 37.4 Å². The molecular weight excluding hydrogens is 478 g/mol. The normalized spacial score (nSPS) is 16.1. The van der Waals surface area contributed by atoms with Gasteiger partial charge < -0.3 is 15.6 Å². The highest BCUT2D eigenvalue weighted by molar-refractivity contribution is 7.15. The summed E-state index contributed by atoms with van der Waals surface area (Å²) in [4.78, 5) is 17.7. The Balaban J connectivity index is 1.45. The van der Waals surface area contributed by atoms with Gasteiger partial charge in [-0.3, -0.25) is 5.10 Å². The van der Waals surface area contributed by atoms with E-state index in [0.717, 1.165) is 57.4 Å². The molecule has 188 valence electrons. The lowest BCUT2D eigenvalue weighted by Gasteiger charge is -2.38. The number of fused-ring (bicyclic) bond motifs is 1. The summed E-state index contributed by atoms with van der Waals surface area (Å²) < 4.78 is 0. The van der Waals surface area contributed by atoms with Gasteiger partial charge in [0.15, 0.2) is 5.82 Å². The van der Waals surface area contributed by atoms with Gasteiger partial charge in [-0.25, -0.2) is 9.98 Å². The lowest BCUT2D eigenvalue weighted by Crippen LogP contribution is -2.57. The largest absolute Gasteiger partial charge is 0.353 e. The van der Waals surface area contributed by atoms with Gasteiger partial charge in [-0.2, -0.15) is 5.10 Å². The Labute approximate surface area is 220 Å². The van der Waals surface area contributed by atoms with Crippen LogP contribution in [0.3, 0.4) is 0 Å². The number of nitrogens with two attached hydrogens (primary N) is 1. The van der Waals surface area contributed by atoms with Gasteiger partial charge in [0.05, 0.1) is 22.1 Å². The maximum Gasteiger partial charge on any atom is 0.159 e. The van der Waals surface area contributed by atoms with E-state index in [2.05, 4.69) is 58.4 Å². The number of H-pyrrole nitrogens is 2. The number of benzene rings is 1. The van der Waals surface area contributed by atoms with Crippen LogP contribution >= 0.6 is 11.3 Å². The van der Waals surface area contributed by atoms with Gasteiger partial charge in [0, 0.05) is 39.7 Å². The third-order valence-corrected chi connectivity index (χ3v) is 7.50. The molecule has 4 heterocycles. The number of amidine groups is 1. The Morgan fingerprint density at radius 3 is 2.76 bits per heavy atom. The Morgan fingerprint density at radius 1 is 1.27 bits per heavy atom. The summed E-state index contributed by atoms with van der Waals surface area (Å²) in [5, 5.41) is 9.24. The zero-order chi connectivity index (χ0) is 26.1. The van der Waals surface area contributed by atoms with Crippen molar-refractivity contribution >= 4 is 40.9 Å². The third kappa shape index (κ3) is 4.85. The van der Waals surface area contributed by atoms with E-state index in [1.807, 2.05) is 44.2 Å². The van der Waals surface area contributed by atoms with Crippen molar-refractivity contribution in [1.29, 1.82) is 0 Å². The highest BCUT2D eigenvalue weighted by Gasteiger charge is 2.24. The molecule has 1 aliphatic heterocycles. The molecule has 1 aromatic carbocycles. The summed E-state index contributed by atoms with van der Waals surface area (Å²) in [5.74, 6) is 1.53. The van der Waals surface area contributed by atoms with E-state index in [-0.39, 0.29) is 6.04 Å². The number of aryl methyl sites for hydroxylation is 1. The van der Waals surface area contributed by atoms with Crippen molar-refractivity contribution in [3.63, 3.8) is 0 Å². The van der Waals surface area contributed by atoms with Crippen LogP contribution in [0, 0.1) is 6.92 Å². The van der Waals surface area contributed by atoms with Crippen LogP contribution in [-0.4, -0.2) is 50.0 Å². The first-order valence-corrected chi connectivity index (χ1v) is 13.1. The Morgan fingerprint density at radius 2 is 2.08 bits per heavy atom. The number of para-hydroxylation sites is 1. The van der Waals surface area contributed by atoms with Crippen molar-refractivity contribution in [2.75, 3.05) is 13.1 Å². The van der Waals surface area contributed by atoms with Crippen LogP contribution < -0.4 is 16.3 Å². The van der Waals surface area contributed by atoms with Gasteiger partial charge in [-0.05, 0) is 56.7 Å². The van der Waals surface area contributed by atoms with Crippen LogP contribution in [0.15, 0.2) is 71.4 Å². The predicted molar refractivity (Wildman–Crippen MR) is 156 cm³/mol. The minimum Gasteiger partial charge on any atom is -0.353 e. The van der Waals surface area contributed by atoms with Crippen LogP contribution in [0.25, 0.3) is 45.6 Å². The molecule has 4 aromatic rings. The molecule has 0 amide bonds. The summed E-state index contributed by atoms with van der Waals surface area (Å²) in [7, 11) is 0. The zero-order valence-electron chi connectivity index (χ0n) is 21.4. The second-order valence-corrected chi connectivity index (χ2v) is 10.5. The molecule has 0 spiro atoms. The molecule has 4 N–H and O–H groups in total. The van der Waals surface area contributed by atoms with Crippen molar-refractivity contribution < 1.29 is 0 Å². The fourth-order valence-corrected chi connectivity index (χ4v) is 5.27. The Kier molecular flexibility index (Phi) is 6.78. The molecule has 0 bridgehead atoms. The molecule has 1 aliphatic rings. The molecule has 0 saturated carbocycles. The smallest absolute Gasteiger partial charge is 0.159 e. The highest BCUT2D eigenvalue weighted by atomic mass is 32.1. The van der Waals surface area contributed by atoms with Crippen LogP contribution in [0.5, 0.6) is 0 Å². The number of hydrogen-bond donors (Lipinski definition) is 3. The number of aromatic amines is 2. The fraction of sp³-hybridized carbons (Fsp3) is 0.207. The van der Waals surface area contributed by atoms with Gasteiger partial charge in [0.2, 0.25) is 0 Å². The van der Waals surface area contributed by atoms with Crippen molar-refractivity contribution in [1.82, 2.24) is 25.1 Å². The second-order valence-electron chi connectivity index (χ2n) is 9.19. The molecule has 5 rings (SSSR count). The number of likely N-dealkylation sites (tertiary alicyclic amines) is 1. The monoisotopic (exact) mass is 509 g/mol. The average molecular weight is 510 g/mol. The lowest BCUT2D eigenvalue weighted by molar-refractivity contribution is 0.255. The number of nitrogens with one attached hydrogen (secondary N) is 2. The van der Waals surface area contributed by atoms with Crippen LogP contribution in [-0.2, 0) is 0 Å². The maximum atomic E-state index is 5.93. The van der Waals surface area contributed by atoms with Gasteiger partial charge in [0.25, 0.3) is 0 Å². The molecule has 0 atom stereocenters. The van der Waals surface area contributed by atoms with E-state index in [9.17, 15) is 0 Å². The third-order valence-electron chi connectivity index (χ3n) is 6.47. The van der Waals surface area contributed by atoms with Crippen molar-refractivity contribution in [2.24, 2.45) is 10.7 Å². The second kappa shape index (κ2) is 10.2. The van der Waals surface area contributed by atoms with Gasteiger partial charge in [-0.15, -0.1) is 11.3 Å². The summed E-state index contributed by atoms with van der Waals surface area (Å²) >= 11 is 1.77. The quantitative estimate of drug-likeness (QED) is 0.205. The molecule has 0 unspecified atom stereocenters. The van der Waals surface area contributed by atoms with E-state index >= 15 is 0 Å². The average Bonchev–Trinajstić information content (AvgIpc) is 3.59. The van der Waals surface area contributed by atoms with Gasteiger partial charge in [0.1, 0.15) is 11.5 Å². The van der Waals surface area contributed by atoms with Crippen LogP contribution in [0.1, 0.15) is 18.7 Å². The number of rotatable bonds is 6. The zero-order valence-corrected chi connectivity index (χ0v) is 22.2. The number of nitrogens with zero attached hydrogens (tertiary/aromatic N) is 4. The predicted octanol–water partition coefficient (Wildman–Crippen LogP) is 4.26. The summed E-state index contributed by atoms with van der Waals surface area (Å²) in [5.41, 5.74) is 11.5. The lowest BCUT2D eigenvalue weighted by atomic mass is 10.1. The fourth-order valence-electron chi connectivity index (χ4n) is 4.38. The van der Waals surface area contributed by atoms with E-state index in [1.165, 1.54) is 9.75 Å².